The Hall–Kier alpha value is -2.22. The van der Waals surface area contributed by atoms with Crippen LogP contribution in [0.15, 0.2) is 15.8 Å². The van der Waals surface area contributed by atoms with Gasteiger partial charge in [-0.05, 0) is 40.7 Å². The van der Waals surface area contributed by atoms with Crippen LogP contribution in [0.25, 0.3) is 10.9 Å². The normalized spacial score (nSPS) is 21.2. The van der Waals surface area contributed by atoms with E-state index in [2.05, 4.69) is 4.98 Å². The van der Waals surface area contributed by atoms with Crippen molar-refractivity contribution in [3.63, 3.8) is 0 Å². The van der Waals surface area contributed by atoms with Gasteiger partial charge in [0, 0.05) is 50.4 Å². The van der Waals surface area contributed by atoms with Crippen LogP contribution >= 0.6 is 23.4 Å². The van der Waals surface area contributed by atoms with Crippen molar-refractivity contribution in [3.05, 3.63) is 27.1 Å². The number of halogens is 4. The van der Waals surface area contributed by atoms with Crippen LogP contribution in [0.1, 0.15) is 40.2 Å². The van der Waals surface area contributed by atoms with Crippen molar-refractivity contribution in [1.82, 2.24) is 14.5 Å². The average molecular weight is 621 g/mol. The fourth-order valence-corrected chi connectivity index (χ4v) is 7.42. The molecule has 1 aromatic carbocycles. The second-order valence-electron chi connectivity index (χ2n) is 11.9. The number of carbonyl (C=O) groups is 1. The fourth-order valence-electron chi connectivity index (χ4n) is 5.70. The van der Waals surface area contributed by atoms with Crippen LogP contribution in [0.3, 0.4) is 0 Å². The number of benzene rings is 1. The van der Waals surface area contributed by atoms with Gasteiger partial charge in [0.25, 0.3) is 0 Å². The number of alkyl halides is 3. The molecule has 0 unspecified atom stereocenters. The summed E-state index contributed by atoms with van der Waals surface area (Å²) in [5.41, 5.74) is -2.71. The number of nitrogens with zero attached hydrogens (tertiary/aromatic N) is 4. The summed E-state index contributed by atoms with van der Waals surface area (Å²) < 4.78 is 60.7. The van der Waals surface area contributed by atoms with Gasteiger partial charge in [0.1, 0.15) is 11.4 Å². The number of ether oxygens (including phenoxy) is 3. The molecule has 228 valence electrons. The second kappa shape index (κ2) is 11.5. The van der Waals surface area contributed by atoms with Gasteiger partial charge in [-0.2, -0.15) is 18.2 Å². The zero-order valence-corrected chi connectivity index (χ0v) is 25.8. The molecule has 0 bridgehead atoms. The van der Waals surface area contributed by atoms with E-state index in [4.69, 9.17) is 25.8 Å². The van der Waals surface area contributed by atoms with Crippen LogP contribution in [0.4, 0.5) is 23.8 Å². The molecular formula is C27H36ClF3N4O5S. The van der Waals surface area contributed by atoms with E-state index in [-0.39, 0.29) is 61.0 Å². The largest absolute Gasteiger partial charge is 0.444 e. The van der Waals surface area contributed by atoms with Crippen LogP contribution in [0.2, 0.25) is 5.02 Å². The summed E-state index contributed by atoms with van der Waals surface area (Å²) in [6, 6.07) is 0.237. The number of carbonyl (C=O) groups excluding carboxylic acids is 1. The third-order valence-corrected chi connectivity index (χ3v) is 9.13. The van der Waals surface area contributed by atoms with E-state index in [9.17, 15) is 22.8 Å². The zero-order chi connectivity index (χ0) is 30.5. The van der Waals surface area contributed by atoms with Crippen LogP contribution in [0, 0.1) is 5.41 Å². The molecule has 2 aliphatic heterocycles. The van der Waals surface area contributed by atoms with Crippen LogP contribution in [-0.4, -0.2) is 84.5 Å². The van der Waals surface area contributed by atoms with Gasteiger partial charge < -0.3 is 19.1 Å². The van der Waals surface area contributed by atoms with Crippen molar-refractivity contribution in [2.24, 2.45) is 5.41 Å². The van der Waals surface area contributed by atoms with E-state index in [0.717, 1.165) is 17.8 Å². The van der Waals surface area contributed by atoms with Gasteiger partial charge in [-0.25, -0.2) is 9.59 Å². The summed E-state index contributed by atoms with van der Waals surface area (Å²) in [4.78, 5) is 34.5. The Labute approximate surface area is 246 Å². The van der Waals surface area contributed by atoms with E-state index in [1.54, 1.807) is 30.6 Å². The summed E-state index contributed by atoms with van der Waals surface area (Å²) in [5.74, 6) is 0.433. The Bertz CT molecular complexity index is 1360. The van der Waals surface area contributed by atoms with Crippen LogP contribution in [0.5, 0.6) is 0 Å². The molecule has 0 spiro atoms. The summed E-state index contributed by atoms with van der Waals surface area (Å²) >= 11 is 7.58. The van der Waals surface area contributed by atoms with E-state index >= 15 is 0 Å². The first kappa shape index (κ1) is 31.7. The van der Waals surface area contributed by atoms with Gasteiger partial charge in [0.15, 0.2) is 0 Å². The highest BCUT2D eigenvalue weighted by molar-refractivity contribution is 7.99. The standard InChI is InChI=1S/C27H36ClF3N4O5S/c1-15-9-33(10-16(2)35(15)24(37)40-25(3,4)5)22-17-8-18(27(29,30)31)19(28)21-20(17)34(23(36)32-22)11-26(12-38-6,13-39-7)14-41-21/h8,15-16H,9-14H2,1-7H3/t15-,16+. The molecule has 2 aromatic rings. The fraction of sp³-hybridized carbons (Fsp3) is 0.667. The Kier molecular flexibility index (Phi) is 8.86. The predicted octanol–water partition coefficient (Wildman–Crippen LogP) is 5.29. The lowest BCUT2D eigenvalue weighted by molar-refractivity contribution is -0.137. The quantitative estimate of drug-likeness (QED) is 0.446. The third kappa shape index (κ3) is 6.28. The third-order valence-electron chi connectivity index (χ3n) is 7.18. The monoisotopic (exact) mass is 620 g/mol. The first-order valence-electron chi connectivity index (χ1n) is 13.2. The molecule has 1 aromatic heterocycles. The maximum absolute atomic E-state index is 14.3. The highest BCUT2D eigenvalue weighted by Crippen LogP contribution is 2.48. The molecule has 2 atom stereocenters. The minimum Gasteiger partial charge on any atom is -0.444 e. The molecule has 0 saturated carbocycles. The highest BCUT2D eigenvalue weighted by Gasteiger charge is 2.42. The summed E-state index contributed by atoms with van der Waals surface area (Å²) in [5, 5.41) is -0.290. The topological polar surface area (TPSA) is 86.1 Å². The van der Waals surface area contributed by atoms with Gasteiger partial charge in [0.05, 0.1) is 46.3 Å². The number of anilines is 1. The molecule has 0 radical (unpaired) electrons. The van der Waals surface area contributed by atoms with E-state index in [1.807, 2.05) is 13.8 Å². The van der Waals surface area contributed by atoms with Crippen molar-refractivity contribution < 1.29 is 32.2 Å². The van der Waals surface area contributed by atoms with E-state index < -0.39 is 39.6 Å². The maximum atomic E-state index is 14.3. The summed E-state index contributed by atoms with van der Waals surface area (Å²) in [7, 11) is 3.04. The lowest BCUT2D eigenvalue weighted by Gasteiger charge is -2.45. The van der Waals surface area contributed by atoms with Gasteiger partial charge in [-0.15, -0.1) is 11.8 Å². The molecule has 1 saturated heterocycles. The van der Waals surface area contributed by atoms with E-state index in [0.29, 0.717) is 11.3 Å². The summed E-state index contributed by atoms with van der Waals surface area (Å²) in [6.07, 6.45) is -5.22. The van der Waals surface area contributed by atoms with Gasteiger partial charge in [-0.3, -0.25) is 9.47 Å². The molecule has 4 rings (SSSR count). The smallest absolute Gasteiger partial charge is 0.417 e. The Morgan fingerprint density at radius 2 is 1.73 bits per heavy atom. The molecule has 14 heteroatoms. The van der Waals surface area contributed by atoms with Crippen molar-refractivity contribution in [1.29, 1.82) is 0 Å². The number of hydrogen-bond acceptors (Lipinski definition) is 8. The number of amides is 1. The summed E-state index contributed by atoms with van der Waals surface area (Å²) in [6.45, 7) is 10.0. The Morgan fingerprint density at radius 3 is 2.24 bits per heavy atom. The van der Waals surface area contributed by atoms with Crippen LogP contribution in [-0.2, 0) is 26.9 Å². The molecule has 0 aliphatic carbocycles. The lowest BCUT2D eigenvalue weighted by Crippen LogP contribution is -2.59. The van der Waals surface area contributed by atoms with Gasteiger partial charge in [0.2, 0.25) is 0 Å². The van der Waals surface area contributed by atoms with Crippen molar-refractivity contribution >= 4 is 46.2 Å². The predicted molar refractivity (Wildman–Crippen MR) is 152 cm³/mol. The number of thioether (sulfide) groups is 1. The highest BCUT2D eigenvalue weighted by atomic mass is 35.5. The SMILES string of the molecule is COCC1(COC)CSc2c(Cl)c(C(F)(F)F)cc3c(N4C[C@@H](C)N(C(=O)OC(C)(C)C)[C@@H](C)C4)nc(=O)n(c23)C1. The molecular weight excluding hydrogens is 585 g/mol. The van der Waals surface area contributed by atoms with E-state index in [1.165, 1.54) is 18.8 Å². The molecule has 2 aliphatic rings. The molecule has 1 fully saturated rings. The molecule has 1 amide bonds. The molecule has 9 nitrogen and oxygen atoms in total. The molecule has 41 heavy (non-hydrogen) atoms. The number of piperazine rings is 1. The van der Waals surface area contributed by atoms with Crippen molar-refractivity contribution in [2.75, 3.05) is 51.2 Å². The molecule has 3 heterocycles. The van der Waals surface area contributed by atoms with Crippen LogP contribution < -0.4 is 10.6 Å². The molecule has 0 N–H and O–H groups in total. The van der Waals surface area contributed by atoms with Crippen molar-refractivity contribution in [2.45, 2.75) is 69.9 Å². The first-order chi connectivity index (χ1) is 19.0. The Morgan fingerprint density at radius 1 is 1.15 bits per heavy atom. The van der Waals surface area contributed by atoms with Gasteiger partial charge >= 0.3 is 18.0 Å². The number of aromatic nitrogens is 2. The Balaban J connectivity index is 1.89. The minimum atomic E-state index is -4.74. The number of hydrogen-bond donors (Lipinski definition) is 0. The van der Waals surface area contributed by atoms with Gasteiger partial charge in [-0.1, -0.05) is 11.6 Å². The maximum Gasteiger partial charge on any atom is 0.417 e. The first-order valence-corrected chi connectivity index (χ1v) is 14.6. The lowest BCUT2D eigenvalue weighted by atomic mass is 9.92. The minimum absolute atomic E-state index is 0.123. The zero-order valence-electron chi connectivity index (χ0n) is 24.2. The number of methoxy groups -OCH3 is 2. The van der Waals surface area contributed by atoms with Crippen molar-refractivity contribution in [3.8, 4) is 0 Å². The number of rotatable bonds is 5. The second-order valence-corrected chi connectivity index (χ2v) is 13.3. The average Bonchev–Trinajstić information content (AvgIpc) is 2.99.